The smallest absolute Gasteiger partial charge is 0.241 e. The Morgan fingerprint density at radius 2 is 2.19 bits per heavy atom. The van der Waals surface area contributed by atoms with Crippen molar-refractivity contribution in [2.75, 3.05) is 26.2 Å². The van der Waals surface area contributed by atoms with Crippen molar-refractivity contribution in [3.63, 3.8) is 0 Å². The van der Waals surface area contributed by atoms with Crippen LogP contribution in [0.2, 0.25) is 0 Å². The maximum absolute atomic E-state index is 13.1. The highest BCUT2D eigenvalue weighted by atomic mass is 16.5. The molecule has 1 atom stereocenters. The Bertz CT molecular complexity index is 783. The number of aromatic nitrogens is 2. The number of carbonyl (C=O) groups excluding carboxylic acids is 1. The van der Waals surface area contributed by atoms with E-state index in [-0.39, 0.29) is 5.41 Å². The Morgan fingerprint density at radius 1 is 1.27 bits per heavy atom. The zero-order valence-corrected chi connectivity index (χ0v) is 14.9. The molecular formula is C19H24N4O3. The zero-order valence-electron chi connectivity index (χ0n) is 14.9. The minimum absolute atomic E-state index is 0.197. The van der Waals surface area contributed by atoms with Crippen LogP contribution in [-0.2, 0) is 11.3 Å². The summed E-state index contributed by atoms with van der Waals surface area (Å²) in [5.41, 5.74) is -0.197. The van der Waals surface area contributed by atoms with E-state index < -0.39 is 0 Å². The molecule has 2 aromatic rings. The first-order chi connectivity index (χ1) is 12.7. The van der Waals surface area contributed by atoms with E-state index in [2.05, 4.69) is 19.9 Å². The molecule has 1 saturated carbocycles. The second kappa shape index (κ2) is 6.23. The molecule has 0 N–H and O–H groups in total. The molecule has 5 rings (SSSR count). The molecule has 0 aromatic carbocycles. The van der Waals surface area contributed by atoms with Gasteiger partial charge in [0.05, 0.1) is 18.2 Å². The molecule has 2 aliphatic heterocycles. The molecule has 0 radical (unpaired) electrons. The SMILES string of the molecule is O=C1N(CC2CC2)CCCC12CCN(Cc1nc(-c3ccco3)no1)C2. The quantitative estimate of drug-likeness (QED) is 0.819. The average Bonchev–Trinajstić information content (AvgIpc) is 3.07. The molecule has 1 unspecified atom stereocenters. The summed E-state index contributed by atoms with van der Waals surface area (Å²) in [6.07, 6.45) is 7.24. The normalized spacial score (nSPS) is 26.9. The summed E-state index contributed by atoms with van der Waals surface area (Å²) < 4.78 is 10.7. The minimum Gasteiger partial charge on any atom is -0.461 e. The predicted molar refractivity (Wildman–Crippen MR) is 92.9 cm³/mol. The van der Waals surface area contributed by atoms with Crippen LogP contribution < -0.4 is 0 Å². The van der Waals surface area contributed by atoms with Gasteiger partial charge in [0.25, 0.3) is 0 Å². The number of likely N-dealkylation sites (tertiary alicyclic amines) is 2. The van der Waals surface area contributed by atoms with E-state index in [1.165, 1.54) is 12.8 Å². The Balaban J connectivity index is 1.24. The lowest BCUT2D eigenvalue weighted by Crippen LogP contribution is -2.50. The molecule has 26 heavy (non-hydrogen) atoms. The number of piperidine rings is 1. The van der Waals surface area contributed by atoms with Crippen LogP contribution >= 0.6 is 0 Å². The molecule has 3 fully saturated rings. The zero-order chi connectivity index (χ0) is 17.6. The van der Waals surface area contributed by atoms with Gasteiger partial charge in [-0.3, -0.25) is 9.69 Å². The van der Waals surface area contributed by atoms with Gasteiger partial charge in [-0.05, 0) is 56.7 Å². The summed E-state index contributed by atoms with van der Waals surface area (Å²) in [6.45, 7) is 4.20. The standard InChI is InChI=1S/C19H24N4O3/c24-18-19(6-2-8-23(18)11-14-4-5-14)7-9-22(13-19)12-16-20-17(21-26-16)15-3-1-10-25-15/h1,3,10,14H,2,4-9,11-13H2. The molecule has 7 nitrogen and oxygen atoms in total. The van der Waals surface area contributed by atoms with Gasteiger partial charge in [-0.25, -0.2) is 0 Å². The van der Waals surface area contributed by atoms with E-state index in [9.17, 15) is 4.79 Å². The van der Waals surface area contributed by atoms with E-state index in [0.717, 1.165) is 51.4 Å². The molecule has 1 amide bonds. The third-order valence-electron chi connectivity index (χ3n) is 6.00. The Hall–Kier alpha value is -2.15. The summed E-state index contributed by atoms with van der Waals surface area (Å²) in [5, 5.41) is 3.99. The molecule has 2 saturated heterocycles. The molecule has 1 aliphatic carbocycles. The van der Waals surface area contributed by atoms with Crippen molar-refractivity contribution in [2.24, 2.45) is 11.3 Å². The molecule has 0 bridgehead atoms. The topological polar surface area (TPSA) is 75.6 Å². The first-order valence-electron chi connectivity index (χ1n) is 9.60. The van der Waals surface area contributed by atoms with Crippen molar-refractivity contribution in [3.05, 3.63) is 24.3 Å². The lowest BCUT2D eigenvalue weighted by atomic mass is 9.78. The molecule has 1 spiro atoms. The van der Waals surface area contributed by atoms with Crippen LogP contribution in [0.15, 0.2) is 27.3 Å². The predicted octanol–water partition coefficient (Wildman–Crippen LogP) is 2.55. The molecule has 138 valence electrons. The second-order valence-corrected chi connectivity index (χ2v) is 8.03. The number of carbonyl (C=O) groups is 1. The summed E-state index contributed by atoms with van der Waals surface area (Å²) in [4.78, 5) is 21.9. The van der Waals surface area contributed by atoms with E-state index in [1.807, 2.05) is 6.07 Å². The summed E-state index contributed by atoms with van der Waals surface area (Å²) in [5.74, 6) is 2.79. The third-order valence-corrected chi connectivity index (χ3v) is 6.00. The Labute approximate surface area is 152 Å². The van der Waals surface area contributed by atoms with Crippen molar-refractivity contribution in [1.82, 2.24) is 19.9 Å². The number of nitrogens with zero attached hydrogens (tertiary/aromatic N) is 4. The van der Waals surface area contributed by atoms with Crippen molar-refractivity contribution in [3.8, 4) is 11.6 Å². The van der Waals surface area contributed by atoms with E-state index in [1.54, 1.807) is 12.3 Å². The van der Waals surface area contributed by atoms with E-state index in [0.29, 0.717) is 29.9 Å². The summed E-state index contributed by atoms with van der Waals surface area (Å²) >= 11 is 0. The minimum atomic E-state index is -0.197. The van der Waals surface area contributed by atoms with Crippen LogP contribution in [0.25, 0.3) is 11.6 Å². The maximum atomic E-state index is 13.1. The van der Waals surface area contributed by atoms with Gasteiger partial charge in [-0.1, -0.05) is 5.16 Å². The van der Waals surface area contributed by atoms with Crippen molar-refractivity contribution in [2.45, 2.75) is 38.6 Å². The fourth-order valence-electron chi connectivity index (χ4n) is 4.43. The fourth-order valence-corrected chi connectivity index (χ4v) is 4.43. The van der Waals surface area contributed by atoms with Gasteiger partial charge in [0.15, 0.2) is 5.76 Å². The number of furan rings is 1. The maximum Gasteiger partial charge on any atom is 0.241 e. The van der Waals surface area contributed by atoms with Crippen molar-refractivity contribution in [1.29, 1.82) is 0 Å². The lowest BCUT2D eigenvalue weighted by Gasteiger charge is -2.39. The Morgan fingerprint density at radius 3 is 3.00 bits per heavy atom. The molecule has 3 aliphatic rings. The van der Waals surface area contributed by atoms with Crippen LogP contribution in [0.3, 0.4) is 0 Å². The van der Waals surface area contributed by atoms with Crippen LogP contribution in [0.1, 0.15) is 38.0 Å². The first kappa shape index (κ1) is 16.1. The van der Waals surface area contributed by atoms with E-state index in [4.69, 9.17) is 8.94 Å². The van der Waals surface area contributed by atoms with Gasteiger partial charge in [0.1, 0.15) is 0 Å². The van der Waals surface area contributed by atoms with Crippen molar-refractivity contribution >= 4 is 5.91 Å². The molecular weight excluding hydrogens is 332 g/mol. The summed E-state index contributed by atoms with van der Waals surface area (Å²) in [6, 6.07) is 3.62. The fraction of sp³-hybridized carbons (Fsp3) is 0.632. The molecule has 7 heteroatoms. The summed E-state index contributed by atoms with van der Waals surface area (Å²) in [7, 11) is 0. The van der Waals surface area contributed by atoms with Crippen LogP contribution in [0.4, 0.5) is 0 Å². The molecule has 4 heterocycles. The van der Waals surface area contributed by atoms with Gasteiger partial charge in [-0.15, -0.1) is 0 Å². The van der Waals surface area contributed by atoms with Crippen LogP contribution in [0.5, 0.6) is 0 Å². The number of hydrogen-bond acceptors (Lipinski definition) is 6. The first-order valence-corrected chi connectivity index (χ1v) is 9.60. The van der Waals surface area contributed by atoms with Gasteiger partial charge in [-0.2, -0.15) is 4.98 Å². The number of hydrogen-bond donors (Lipinski definition) is 0. The highest BCUT2D eigenvalue weighted by Gasteiger charge is 2.49. The van der Waals surface area contributed by atoms with Crippen LogP contribution in [-0.4, -0.2) is 52.0 Å². The third kappa shape index (κ3) is 2.94. The average molecular weight is 356 g/mol. The Kier molecular flexibility index (Phi) is 3.85. The van der Waals surface area contributed by atoms with Crippen LogP contribution in [0, 0.1) is 11.3 Å². The van der Waals surface area contributed by atoms with Gasteiger partial charge >= 0.3 is 0 Å². The highest BCUT2D eigenvalue weighted by Crippen LogP contribution is 2.42. The second-order valence-electron chi connectivity index (χ2n) is 8.03. The largest absolute Gasteiger partial charge is 0.461 e. The van der Waals surface area contributed by atoms with Gasteiger partial charge < -0.3 is 13.8 Å². The number of rotatable bonds is 5. The monoisotopic (exact) mass is 356 g/mol. The highest BCUT2D eigenvalue weighted by molar-refractivity contribution is 5.84. The van der Waals surface area contributed by atoms with Gasteiger partial charge in [0.2, 0.25) is 17.6 Å². The molecule has 2 aromatic heterocycles. The van der Waals surface area contributed by atoms with Crippen molar-refractivity contribution < 1.29 is 13.7 Å². The lowest BCUT2D eigenvalue weighted by molar-refractivity contribution is -0.146. The van der Waals surface area contributed by atoms with E-state index >= 15 is 0 Å². The number of amides is 1. The van der Waals surface area contributed by atoms with Gasteiger partial charge in [0, 0.05) is 19.6 Å².